The summed E-state index contributed by atoms with van der Waals surface area (Å²) in [6.45, 7) is 5.90. The molecule has 0 fully saturated rings. The molecule has 0 saturated heterocycles. The smallest absolute Gasteiger partial charge is 0.326 e. The Labute approximate surface area is 124 Å². The fraction of sp³-hybridized carbons (Fsp3) is 0.500. The summed E-state index contributed by atoms with van der Waals surface area (Å²) in [5, 5.41) is 11.7. The van der Waals surface area contributed by atoms with Crippen LogP contribution in [-0.2, 0) is 4.79 Å². The largest absolute Gasteiger partial charge is 0.489 e. The predicted octanol–water partition coefficient (Wildman–Crippen LogP) is 2.55. The highest BCUT2D eigenvalue weighted by atomic mass is 16.5. The summed E-state index contributed by atoms with van der Waals surface area (Å²) < 4.78 is 5.77. The highest BCUT2D eigenvalue weighted by Crippen LogP contribution is 2.40. The first kappa shape index (κ1) is 15.4. The summed E-state index contributed by atoms with van der Waals surface area (Å²) in [4.78, 5) is 23.5. The Kier molecular flexibility index (Phi) is 4.50. The fourth-order valence-corrected chi connectivity index (χ4v) is 2.55. The molecule has 0 aromatic heterocycles. The van der Waals surface area contributed by atoms with E-state index in [1.54, 1.807) is 12.1 Å². The van der Waals surface area contributed by atoms with Gasteiger partial charge in [0.05, 0.1) is 5.56 Å². The van der Waals surface area contributed by atoms with Gasteiger partial charge in [0, 0.05) is 11.5 Å². The predicted molar refractivity (Wildman–Crippen MR) is 78.7 cm³/mol. The number of carbonyl (C=O) groups excluding carboxylic acids is 1. The van der Waals surface area contributed by atoms with Crippen LogP contribution in [0.4, 0.5) is 0 Å². The van der Waals surface area contributed by atoms with Crippen LogP contribution >= 0.6 is 0 Å². The van der Waals surface area contributed by atoms with Crippen LogP contribution in [0.25, 0.3) is 0 Å². The van der Waals surface area contributed by atoms with Gasteiger partial charge in [0.15, 0.2) is 0 Å². The van der Waals surface area contributed by atoms with Crippen molar-refractivity contribution in [3.63, 3.8) is 0 Å². The van der Waals surface area contributed by atoms with Crippen LogP contribution in [0.2, 0.25) is 0 Å². The van der Waals surface area contributed by atoms with Gasteiger partial charge >= 0.3 is 5.97 Å². The Morgan fingerprint density at radius 3 is 2.71 bits per heavy atom. The molecular weight excluding hydrogens is 270 g/mol. The summed E-state index contributed by atoms with van der Waals surface area (Å²) >= 11 is 0. The maximum Gasteiger partial charge on any atom is 0.326 e. The first-order chi connectivity index (χ1) is 9.95. The van der Waals surface area contributed by atoms with E-state index >= 15 is 0 Å². The van der Waals surface area contributed by atoms with Crippen molar-refractivity contribution in [1.82, 2.24) is 5.32 Å². The second-order valence-corrected chi connectivity index (χ2v) is 5.49. The molecule has 1 aromatic carbocycles. The molecule has 0 bridgehead atoms. The number of amides is 1. The molecule has 0 spiro atoms. The number of rotatable bonds is 5. The zero-order chi connectivity index (χ0) is 15.6. The third kappa shape index (κ3) is 3.01. The van der Waals surface area contributed by atoms with E-state index in [9.17, 15) is 9.59 Å². The Balaban J connectivity index is 2.23. The maximum absolute atomic E-state index is 12.4. The van der Waals surface area contributed by atoms with Gasteiger partial charge in [-0.25, -0.2) is 4.79 Å². The zero-order valence-corrected chi connectivity index (χ0v) is 12.6. The van der Waals surface area contributed by atoms with E-state index in [4.69, 9.17) is 9.84 Å². The molecule has 1 aromatic rings. The maximum atomic E-state index is 12.4. The number of nitrogens with one attached hydrogen (secondary N) is 1. The van der Waals surface area contributed by atoms with Gasteiger partial charge in [0.1, 0.15) is 17.9 Å². The van der Waals surface area contributed by atoms with E-state index in [0.29, 0.717) is 24.2 Å². The van der Waals surface area contributed by atoms with E-state index in [-0.39, 0.29) is 12.0 Å². The van der Waals surface area contributed by atoms with E-state index in [2.05, 4.69) is 12.2 Å². The first-order valence-corrected chi connectivity index (χ1v) is 7.29. The van der Waals surface area contributed by atoms with E-state index in [0.717, 1.165) is 5.56 Å². The second-order valence-electron chi connectivity index (χ2n) is 5.49. The summed E-state index contributed by atoms with van der Waals surface area (Å²) in [5.74, 6) is -0.608. The number of hydrogen-bond acceptors (Lipinski definition) is 3. The summed E-state index contributed by atoms with van der Waals surface area (Å²) in [6.07, 6.45) is 1.11. The number of benzene rings is 1. The van der Waals surface area contributed by atoms with Crippen molar-refractivity contribution in [2.24, 2.45) is 0 Å². The molecule has 2 rings (SSSR count). The van der Waals surface area contributed by atoms with E-state index in [1.807, 2.05) is 19.9 Å². The lowest BCUT2D eigenvalue weighted by Gasteiger charge is -2.15. The average Bonchev–Trinajstić information content (AvgIpc) is 2.73. The number of carboxylic acid groups (broad SMARTS) is 1. The minimum Gasteiger partial charge on any atom is -0.489 e. The van der Waals surface area contributed by atoms with Gasteiger partial charge in [-0.1, -0.05) is 32.4 Å². The Bertz CT molecular complexity index is 555. The summed E-state index contributed by atoms with van der Waals surface area (Å²) in [5.41, 5.74) is 1.41. The molecule has 0 aliphatic carbocycles. The molecule has 1 aliphatic rings. The fourth-order valence-electron chi connectivity index (χ4n) is 2.55. The van der Waals surface area contributed by atoms with Crippen molar-refractivity contribution < 1.29 is 19.4 Å². The van der Waals surface area contributed by atoms with Crippen LogP contribution in [0, 0.1) is 0 Å². The van der Waals surface area contributed by atoms with Crippen molar-refractivity contribution in [3.8, 4) is 5.75 Å². The number of ether oxygens (including phenoxy) is 1. The quantitative estimate of drug-likeness (QED) is 0.874. The highest BCUT2D eigenvalue weighted by Gasteiger charge is 2.31. The normalized spacial score (nSPS) is 21.3. The van der Waals surface area contributed by atoms with Gasteiger partial charge in [-0.2, -0.15) is 0 Å². The third-order valence-electron chi connectivity index (χ3n) is 3.97. The molecule has 21 heavy (non-hydrogen) atoms. The topological polar surface area (TPSA) is 75.6 Å². The first-order valence-electron chi connectivity index (χ1n) is 7.29. The lowest BCUT2D eigenvalue weighted by atomic mass is 9.96. The van der Waals surface area contributed by atoms with Gasteiger partial charge < -0.3 is 15.2 Å². The molecule has 114 valence electrons. The Morgan fingerprint density at radius 2 is 2.10 bits per heavy atom. The molecule has 0 saturated carbocycles. The third-order valence-corrected chi connectivity index (χ3v) is 3.97. The Morgan fingerprint density at radius 1 is 1.38 bits per heavy atom. The zero-order valence-electron chi connectivity index (χ0n) is 12.6. The van der Waals surface area contributed by atoms with Gasteiger partial charge in [0.2, 0.25) is 0 Å². The lowest BCUT2D eigenvalue weighted by molar-refractivity contribution is -0.139. The number of carboxylic acids is 1. The van der Waals surface area contributed by atoms with E-state index < -0.39 is 17.9 Å². The number of hydrogen-bond donors (Lipinski definition) is 2. The van der Waals surface area contributed by atoms with Crippen LogP contribution in [0.15, 0.2) is 18.2 Å². The summed E-state index contributed by atoms with van der Waals surface area (Å²) in [7, 11) is 0. The number of aliphatic carboxylic acids is 1. The van der Waals surface area contributed by atoms with Gasteiger partial charge in [0.25, 0.3) is 5.91 Å². The Hall–Kier alpha value is -2.04. The number of para-hydroxylation sites is 1. The molecule has 0 radical (unpaired) electrons. The van der Waals surface area contributed by atoms with Gasteiger partial charge in [-0.3, -0.25) is 4.79 Å². The molecule has 3 atom stereocenters. The molecule has 1 amide bonds. The van der Waals surface area contributed by atoms with Crippen LogP contribution in [0.5, 0.6) is 5.75 Å². The molecule has 1 aliphatic heterocycles. The van der Waals surface area contributed by atoms with Crippen molar-refractivity contribution in [2.45, 2.75) is 51.7 Å². The molecular formula is C16H21NO4. The minimum absolute atomic E-state index is 0.0138. The van der Waals surface area contributed by atoms with Crippen molar-refractivity contribution in [2.75, 3.05) is 0 Å². The van der Waals surface area contributed by atoms with Crippen molar-refractivity contribution >= 4 is 11.9 Å². The second kappa shape index (κ2) is 6.16. The SMILES string of the molecule is CCCC(NC(=O)c1cccc2c1OC(C)C2C)C(=O)O. The van der Waals surface area contributed by atoms with Crippen LogP contribution < -0.4 is 10.1 Å². The lowest BCUT2D eigenvalue weighted by Crippen LogP contribution is -2.40. The molecule has 5 heteroatoms. The highest BCUT2D eigenvalue weighted by molar-refractivity contribution is 5.99. The molecule has 2 N–H and O–H groups in total. The van der Waals surface area contributed by atoms with Crippen molar-refractivity contribution in [3.05, 3.63) is 29.3 Å². The molecule has 1 heterocycles. The van der Waals surface area contributed by atoms with E-state index in [1.165, 1.54) is 0 Å². The van der Waals surface area contributed by atoms with Crippen LogP contribution in [-0.4, -0.2) is 29.1 Å². The minimum atomic E-state index is -1.01. The molecule has 5 nitrogen and oxygen atoms in total. The van der Waals surface area contributed by atoms with Gasteiger partial charge in [-0.15, -0.1) is 0 Å². The van der Waals surface area contributed by atoms with Gasteiger partial charge in [-0.05, 0) is 19.4 Å². The summed E-state index contributed by atoms with van der Waals surface area (Å²) in [6, 6.07) is 4.56. The van der Waals surface area contributed by atoms with Crippen LogP contribution in [0.1, 0.15) is 55.5 Å². The number of carbonyl (C=O) groups is 2. The van der Waals surface area contributed by atoms with Crippen molar-refractivity contribution in [1.29, 1.82) is 0 Å². The monoisotopic (exact) mass is 291 g/mol. The van der Waals surface area contributed by atoms with Crippen LogP contribution in [0.3, 0.4) is 0 Å². The molecule has 3 unspecified atom stereocenters. The standard InChI is InChI=1S/C16H21NO4/c1-4-6-13(16(19)20)17-15(18)12-8-5-7-11-9(2)10(3)21-14(11)12/h5,7-10,13H,4,6H2,1-3H3,(H,17,18)(H,19,20). The number of fused-ring (bicyclic) bond motifs is 1. The average molecular weight is 291 g/mol.